The first-order valence-corrected chi connectivity index (χ1v) is 11.3. The van der Waals surface area contributed by atoms with Crippen LogP contribution in [0.5, 0.6) is 5.75 Å². The van der Waals surface area contributed by atoms with E-state index >= 15 is 0 Å². The highest BCUT2D eigenvalue weighted by atomic mass is 19.1. The fourth-order valence-electron chi connectivity index (χ4n) is 4.25. The number of methoxy groups -OCH3 is 1. The van der Waals surface area contributed by atoms with Gasteiger partial charge in [0.25, 0.3) is 5.56 Å². The van der Waals surface area contributed by atoms with Crippen molar-refractivity contribution in [3.63, 3.8) is 0 Å². The van der Waals surface area contributed by atoms with E-state index in [0.29, 0.717) is 25.4 Å². The van der Waals surface area contributed by atoms with Crippen LogP contribution in [0, 0.1) is 11.6 Å². The average Bonchev–Trinajstić information content (AvgIpc) is 2.85. The molecule has 6 nitrogen and oxygen atoms in total. The van der Waals surface area contributed by atoms with E-state index in [4.69, 9.17) is 15.2 Å². The summed E-state index contributed by atoms with van der Waals surface area (Å²) in [6, 6.07) is 12.1. The molecule has 0 amide bonds. The molecule has 1 aliphatic heterocycles. The van der Waals surface area contributed by atoms with Crippen molar-refractivity contribution in [3.8, 4) is 5.75 Å². The number of halogens is 2. The van der Waals surface area contributed by atoms with Crippen LogP contribution >= 0.6 is 0 Å². The molecule has 0 aliphatic carbocycles. The number of rotatable bonds is 8. The summed E-state index contributed by atoms with van der Waals surface area (Å²) in [5, 5.41) is 4.28. The van der Waals surface area contributed by atoms with Crippen molar-refractivity contribution < 1.29 is 18.3 Å². The predicted molar refractivity (Wildman–Crippen MR) is 129 cm³/mol. The lowest BCUT2D eigenvalue weighted by atomic mass is 9.99. The van der Waals surface area contributed by atoms with Crippen molar-refractivity contribution in [1.82, 2.24) is 9.88 Å². The normalized spacial score (nSPS) is 19.5. The number of benzene rings is 2. The molecule has 3 N–H and O–H groups in total. The summed E-state index contributed by atoms with van der Waals surface area (Å²) in [6.45, 7) is 1.33. The second-order valence-corrected chi connectivity index (χ2v) is 8.49. The molecule has 1 aromatic heterocycles. The van der Waals surface area contributed by atoms with Gasteiger partial charge in [-0.05, 0) is 54.6 Å². The van der Waals surface area contributed by atoms with Crippen LogP contribution in [-0.4, -0.2) is 43.0 Å². The Morgan fingerprint density at radius 3 is 2.79 bits per heavy atom. The van der Waals surface area contributed by atoms with Crippen molar-refractivity contribution in [1.29, 1.82) is 0 Å². The lowest BCUT2D eigenvalue weighted by Gasteiger charge is -2.33. The van der Waals surface area contributed by atoms with Crippen LogP contribution in [0.25, 0.3) is 17.0 Å². The first-order chi connectivity index (χ1) is 16.4. The van der Waals surface area contributed by atoms with Crippen LogP contribution in [-0.2, 0) is 11.3 Å². The fourth-order valence-corrected chi connectivity index (χ4v) is 4.25. The second kappa shape index (κ2) is 10.9. The number of hydrogen-bond acceptors (Lipinski definition) is 5. The van der Waals surface area contributed by atoms with Crippen molar-refractivity contribution >= 4 is 17.0 Å². The SMILES string of the molecule is COc1ccc2ccc(=O)n(C[C@H](N)C3CC[C@@H](NC/C=C/c4cc(F)ccc4F)CO3)c2c1. The number of nitrogens with two attached hydrogens (primary N) is 1. The minimum absolute atomic E-state index is 0.118. The van der Waals surface area contributed by atoms with Crippen molar-refractivity contribution in [2.75, 3.05) is 20.3 Å². The van der Waals surface area contributed by atoms with Crippen LogP contribution < -0.4 is 21.3 Å². The molecule has 2 aromatic carbocycles. The molecule has 1 aliphatic rings. The second-order valence-electron chi connectivity index (χ2n) is 8.49. The summed E-state index contributed by atoms with van der Waals surface area (Å²) < 4.78 is 39.9. The van der Waals surface area contributed by atoms with Gasteiger partial charge in [-0.2, -0.15) is 0 Å². The standard InChI is InChI=1S/C26H29F2N3O3/c1-33-21-8-4-17-5-11-26(32)31(24(17)14-21)15-23(29)25-10-7-20(16-34-25)30-12-2-3-18-13-19(27)6-9-22(18)28/h2-6,8-9,11,13-14,20,23,25,30H,7,10,12,15-16,29H2,1H3/b3-2+/t20-,23+,25?/m1/s1. The molecule has 1 saturated heterocycles. The topological polar surface area (TPSA) is 78.5 Å². The first-order valence-electron chi connectivity index (χ1n) is 11.3. The number of ether oxygens (including phenoxy) is 2. The summed E-state index contributed by atoms with van der Waals surface area (Å²) >= 11 is 0. The maximum absolute atomic E-state index is 13.7. The Morgan fingerprint density at radius 1 is 1.21 bits per heavy atom. The molecule has 34 heavy (non-hydrogen) atoms. The zero-order valence-corrected chi connectivity index (χ0v) is 19.0. The van der Waals surface area contributed by atoms with E-state index in [2.05, 4.69) is 5.32 Å². The van der Waals surface area contributed by atoms with E-state index in [1.807, 2.05) is 18.2 Å². The van der Waals surface area contributed by atoms with Gasteiger partial charge in [-0.25, -0.2) is 8.78 Å². The summed E-state index contributed by atoms with van der Waals surface area (Å²) in [4.78, 5) is 12.6. The lowest BCUT2D eigenvalue weighted by Crippen LogP contribution is -2.48. The third-order valence-corrected chi connectivity index (χ3v) is 6.16. The highest BCUT2D eigenvalue weighted by Crippen LogP contribution is 2.21. The Hall–Kier alpha value is -3.07. The highest BCUT2D eigenvalue weighted by molar-refractivity contribution is 5.80. The zero-order chi connectivity index (χ0) is 24.1. The van der Waals surface area contributed by atoms with Crippen LogP contribution in [0.4, 0.5) is 8.78 Å². The average molecular weight is 470 g/mol. The Balaban J connectivity index is 1.31. The van der Waals surface area contributed by atoms with Crippen LogP contribution in [0.2, 0.25) is 0 Å². The molecule has 0 spiro atoms. The molecule has 0 radical (unpaired) electrons. The molecule has 2 heterocycles. The number of nitrogens with one attached hydrogen (secondary N) is 1. The van der Waals surface area contributed by atoms with E-state index in [-0.39, 0.29) is 29.3 Å². The van der Waals surface area contributed by atoms with E-state index in [1.165, 1.54) is 6.07 Å². The Bertz CT molecular complexity index is 1220. The van der Waals surface area contributed by atoms with Crippen LogP contribution in [0.15, 0.2) is 59.4 Å². The molecule has 3 atom stereocenters. The van der Waals surface area contributed by atoms with E-state index < -0.39 is 11.6 Å². The molecule has 0 saturated carbocycles. The molecular weight excluding hydrogens is 440 g/mol. The molecule has 8 heteroatoms. The van der Waals surface area contributed by atoms with Gasteiger partial charge in [0, 0.05) is 42.9 Å². The predicted octanol–water partition coefficient (Wildman–Crippen LogP) is 3.47. The number of pyridine rings is 1. The smallest absolute Gasteiger partial charge is 0.251 e. The molecule has 4 rings (SSSR count). The van der Waals surface area contributed by atoms with Gasteiger partial charge >= 0.3 is 0 Å². The van der Waals surface area contributed by atoms with Gasteiger partial charge in [0.15, 0.2) is 0 Å². The summed E-state index contributed by atoms with van der Waals surface area (Å²) in [5.41, 5.74) is 7.33. The first kappa shape index (κ1) is 24.1. The quantitative estimate of drug-likeness (QED) is 0.528. The number of aromatic nitrogens is 1. The summed E-state index contributed by atoms with van der Waals surface area (Å²) in [7, 11) is 1.59. The lowest BCUT2D eigenvalue weighted by molar-refractivity contribution is -0.0185. The largest absolute Gasteiger partial charge is 0.497 e. The molecule has 3 aromatic rings. The minimum Gasteiger partial charge on any atom is -0.497 e. The minimum atomic E-state index is -0.470. The fraction of sp³-hybridized carbons (Fsp3) is 0.346. The number of hydrogen-bond donors (Lipinski definition) is 2. The van der Waals surface area contributed by atoms with Gasteiger partial charge in [-0.3, -0.25) is 4.79 Å². The van der Waals surface area contributed by atoms with Crippen molar-refractivity contribution in [3.05, 3.63) is 82.2 Å². The van der Waals surface area contributed by atoms with Gasteiger partial charge in [-0.15, -0.1) is 0 Å². The van der Waals surface area contributed by atoms with E-state index in [1.54, 1.807) is 36.0 Å². The van der Waals surface area contributed by atoms with Crippen molar-refractivity contribution in [2.24, 2.45) is 5.73 Å². The molecule has 0 bridgehead atoms. The summed E-state index contributed by atoms with van der Waals surface area (Å²) in [5.74, 6) is -0.251. The van der Waals surface area contributed by atoms with Crippen LogP contribution in [0.3, 0.4) is 0 Å². The maximum atomic E-state index is 13.7. The van der Waals surface area contributed by atoms with Gasteiger partial charge in [0.05, 0.1) is 25.3 Å². The Morgan fingerprint density at radius 2 is 2.03 bits per heavy atom. The van der Waals surface area contributed by atoms with Gasteiger partial charge in [0.2, 0.25) is 0 Å². The molecular formula is C26H29F2N3O3. The molecule has 1 unspecified atom stereocenters. The van der Waals surface area contributed by atoms with Crippen molar-refractivity contribution in [2.45, 2.75) is 37.6 Å². The summed E-state index contributed by atoms with van der Waals surface area (Å²) in [6.07, 6.45) is 4.77. The third-order valence-electron chi connectivity index (χ3n) is 6.16. The van der Waals surface area contributed by atoms with Gasteiger partial charge in [-0.1, -0.05) is 12.2 Å². The van der Waals surface area contributed by atoms with Crippen LogP contribution in [0.1, 0.15) is 18.4 Å². The Kier molecular flexibility index (Phi) is 7.72. The maximum Gasteiger partial charge on any atom is 0.251 e. The third kappa shape index (κ3) is 5.70. The molecule has 1 fully saturated rings. The van der Waals surface area contributed by atoms with Gasteiger partial charge < -0.3 is 25.1 Å². The highest BCUT2D eigenvalue weighted by Gasteiger charge is 2.26. The van der Waals surface area contributed by atoms with E-state index in [9.17, 15) is 13.6 Å². The monoisotopic (exact) mass is 469 g/mol. The number of nitrogens with zero attached hydrogens (tertiary/aromatic N) is 1. The Labute approximate surface area is 197 Å². The molecule has 180 valence electrons. The van der Waals surface area contributed by atoms with E-state index in [0.717, 1.165) is 35.9 Å². The number of fused-ring (bicyclic) bond motifs is 1. The van der Waals surface area contributed by atoms with Gasteiger partial charge in [0.1, 0.15) is 17.4 Å². The zero-order valence-electron chi connectivity index (χ0n) is 19.0.